The van der Waals surface area contributed by atoms with Crippen molar-refractivity contribution in [3.8, 4) is 0 Å². The lowest BCUT2D eigenvalue weighted by molar-refractivity contribution is -0.132. The van der Waals surface area contributed by atoms with Gasteiger partial charge in [-0.15, -0.1) is 0 Å². The van der Waals surface area contributed by atoms with Crippen LogP contribution in [0.4, 0.5) is 0 Å². The smallest absolute Gasteiger partial charge is 0.236 e. The van der Waals surface area contributed by atoms with E-state index >= 15 is 0 Å². The Morgan fingerprint density at radius 2 is 1.70 bits per heavy atom. The van der Waals surface area contributed by atoms with Gasteiger partial charge in [-0.2, -0.15) is 0 Å². The first-order chi connectivity index (χ1) is 15.9. The summed E-state index contributed by atoms with van der Waals surface area (Å²) in [6, 6.07) is 17.8. The topological polar surface area (TPSA) is 73.0 Å². The highest BCUT2D eigenvalue weighted by Gasteiger charge is 2.32. The standard InChI is InChI=1S/C25H34N4O3S/c1-21-6-5-9-23(16-21)18-27-12-14-28(15-13-27)25(30)17-26-24-10-11-29(19-24)33(31,32)20-22-7-3-2-4-8-22/h2-9,16,24,26H,10-15,17-20H2,1H3/t24-/m0/s1. The third kappa shape index (κ3) is 6.63. The lowest BCUT2D eigenvalue weighted by Gasteiger charge is -2.35. The van der Waals surface area contributed by atoms with Crippen molar-refractivity contribution in [2.75, 3.05) is 45.8 Å². The summed E-state index contributed by atoms with van der Waals surface area (Å²) < 4.78 is 27.0. The minimum absolute atomic E-state index is 0.0158. The van der Waals surface area contributed by atoms with E-state index in [0.717, 1.165) is 44.7 Å². The van der Waals surface area contributed by atoms with Crippen molar-refractivity contribution in [3.63, 3.8) is 0 Å². The molecule has 1 atom stereocenters. The molecule has 0 unspecified atom stereocenters. The molecule has 33 heavy (non-hydrogen) atoms. The van der Waals surface area contributed by atoms with Crippen molar-refractivity contribution in [2.45, 2.75) is 31.7 Å². The number of carbonyl (C=O) groups excluding carboxylic acids is 1. The predicted molar refractivity (Wildman–Crippen MR) is 130 cm³/mol. The van der Waals surface area contributed by atoms with Crippen LogP contribution in [0.1, 0.15) is 23.1 Å². The zero-order valence-corrected chi connectivity index (χ0v) is 20.1. The van der Waals surface area contributed by atoms with Crippen LogP contribution in [0.2, 0.25) is 0 Å². The van der Waals surface area contributed by atoms with Gasteiger partial charge in [0.1, 0.15) is 0 Å². The molecule has 0 saturated carbocycles. The van der Waals surface area contributed by atoms with E-state index in [2.05, 4.69) is 41.4 Å². The van der Waals surface area contributed by atoms with Crippen LogP contribution in [0.5, 0.6) is 0 Å². The Bertz CT molecular complexity index is 1040. The van der Waals surface area contributed by atoms with Gasteiger partial charge in [-0.3, -0.25) is 9.69 Å². The SMILES string of the molecule is Cc1cccc(CN2CCN(C(=O)CN[C@H]3CCN(S(=O)(=O)Cc4ccccc4)C3)CC2)c1. The van der Waals surface area contributed by atoms with Crippen molar-refractivity contribution in [3.05, 3.63) is 71.3 Å². The molecule has 0 aliphatic carbocycles. The summed E-state index contributed by atoms with van der Waals surface area (Å²) in [4.78, 5) is 17.0. The molecule has 2 aliphatic heterocycles. The summed E-state index contributed by atoms with van der Waals surface area (Å²) in [5.41, 5.74) is 3.38. The first kappa shape index (κ1) is 23.9. The lowest BCUT2D eigenvalue weighted by atomic mass is 10.1. The molecule has 2 heterocycles. The molecule has 178 valence electrons. The van der Waals surface area contributed by atoms with Crippen LogP contribution in [-0.4, -0.2) is 80.3 Å². The van der Waals surface area contributed by atoms with Gasteiger partial charge in [-0.1, -0.05) is 60.2 Å². The molecule has 2 aromatic carbocycles. The highest BCUT2D eigenvalue weighted by molar-refractivity contribution is 7.88. The van der Waals surface area contributed by atoms with Gasteiger partial charge < -0.3 is 10.2 Å². The van der Waals surface area contributed by atoms with Gasteiger partial charge in [0, 0.05) is 51.9 Å². The molecular weight excluding hydrogens is 436 g/mol. The van der Waals surface area contributed by atoms with E-state index in [4.69, 9.17) is 0 Å². The number of aryl methyl sites for hydroxylation is 1. The van der Waals surface area contributed by atoms with Crippen LogP contribution in [0.25, 0.3) is 0 Å². The van der Waals surface area contributed by atoms with Gasteiger partial charge in [-0.25, -0.2) is 12.7 Å². The minimum Gasteiger partial charge on any atom is -0.339 e. The number of hydrogen-bond acceptors (Lipinski definition) is 5. The second-order valence-electron chi connectivity index (χ2n) is 9.11. The number of sulfonamides is 1. The Kier molecular flexibility index (Phi) is 7.80. The van der Waals surface area contributed by atoms with Crippen molar-refractivity contribution in [1.29, 1.82) is 0 Å². The molecule has 8 heteroatoms. The molecule has 0 radical (unpaired) electrons. The Morgan fingerprint density at radius 3 is 2.42 bits per heavy atom. The largest absolute Gasteiger partial charge is 0.339 e. The molecule has 2 aliphatic rings. The molecule has 2 saturated heterocycles. The first-order valence-electron chi connectivity index (χ1n) is 11.7. The first-order valence-corrected chi connectivity index (χ1v) is 13.3. The summed E-state index contributed by atoms with van der Waals surface area (Å²) in [5, 5.41) is 3.29. The van der Waals surface area contributed by atoms with Crippen molar-refractivity contribution >= 4 is 15.9 Å². The van der Waals surface area contributed by atoms with E-state index in [0.29, 0.717) is 13.1 Å². The van der Waals surface area contributed by atoms with Gasteiger partial charge >= 0.3 is 0 Å². The molecule has 0 spiro atoms. The van der Waals surface area contributed by atoms with Crippen LogP contribution in [0.15, 0.2) is 54.6 Å². The van der Waals surface area contributed by atoms with E-state index < -0.39 is 10.0 Å². The van der Waals surface area contributed by atoms with E-state index in [9.17, 15) is 13.2 Å². The zero-order chi connectivity index (χ0) is 23.3. The average molecular weight is 471 g/mol. The van der Waals surface area contributed by atoms with Crippen LogP contribution >= 0.6 is 0 Å². The zero-order valence-electron chi connectivity index (χ0n) is 19.3. The molecule has 0 bridgehead atoms. The van der Waals surface area contributed by atoms with Gasteiger partial charge in [0.25, 0.3) is 0 Å². The van der Waals surface area contributed by atoms with Crippen LogP contribution in [0.3, 0.4) is 0 Å². The Morgan fingerprint density at radius 1 is 0.970 bits per heavy atom. The predicted octanol–water partition coefficient (Wildman–Crippen LogP) is 1.83. The fourth-order valence-electron chi connectivity index (χ4n) is 4.59. The monoisotopic (exact) mass is 470 g/mol. The Balaban J connectivity index is 1.18. The summed E-state index contributed by atoms with van der Waals surface area (Å²) in [5.74, 6) is 0.113. The molecule has 1 N–H and O–H groups in total. The van der Waals surface area contributed by atoms with E-state index in [-0.39, 0.29) is 24.2 Å². The van der Waals surface area contributed by atoms with E-state index in [1.807, 2.05) is 35.2 Å². The van der Waals surface area contributed by atoms with E-state index in [1.165, 1.54) is 11.1 Å². The fraction of sp³-hybridized carbons (Fsp3) is 0.480. The number of benzene rings is 2. The Hall–Kier alpha value is -2.26. The maximum atomic E-state index is 12.7. The maximum absolute atomic E-state index is 12.7. The number of nitrogens with zero attached hydrogens (tertiary/aromatic N) is 3. The number of piperazine rings is 1. The van der Waals surface area contributed by atoms with Gasteiger partial charge in [0.05, 0.1) is 12.3 Å². The maximum Gasteiger partial charge on any atom is 0.236 e. The summed E-state index contributed by atoms with van der Waals surface area (Å²) in [6.45, 7) is 7.40. The van der Waals surface area contributed by atoms with Crippen molar-refractivity contribution in [2.24, 2.45) is 0 Å². The van der Waals surface area contributed by atoms with Gasteiger partial charge in [0.2, 0.25) is 15.9 Å². The number of carbonyl (C=O) groups is 1. The average Bonchev–Trinajstić information content (AvgIpc) is 3.29. The summed E-state index contributed by atoms with van der Waals surface area (Å²) in [6.07, 6.45) is 0.728. The van der Waals surface area contributed by atoms with Crippen LogP contribution < -0.4 is 5.32 Å². The van der Waals surface area contributed by atoms with E-state index in [1.54, 1.807) is 4.31 Å². The number of nitrogens with one attached hydrogen (secondary N) is 1. The minimum atomic E-state index is -3.35. The van der Waals surface area contributed by atoms with Gasteiger partial charge in [0.15, 0.2) is 0 Å². The third-order valence-corrected chi connectivity index (χ3v) is 8.31. The molecule has 7 nitrogen and oxygen atoms in total. The molecule has 2 aromatic rings. The van der Waals surface area contributed by atoms with Crippen molar-refractivity contribution < 1.29 is 13.2 Å². The summed E-state index contributed by atoms with van der Waals surface area (Å²) >= 11 is 0. The lowest BCUT2D eigenvalue weighted by Crippen LogP contribution is -2.51. The number of hydrogen-bond donors (Lipinski definition) is 1. The normalized spacial score (nSPS) is 20.3. The van der Waals surface area contributed by atoms with Crippen molar-refractivity contribution in [1.82, 2.24) is 19.4 Å². The highest BCUT2D eigenvalue weighted by Crippen LogP contribution is 2.18. The Labute approximate surface area is 197 Å². The molecular formula is C25H34N4O3S. The second kappa shape index (κ2) is 10.8. The second-order valence-corrected chi connectivity index (χ2v) is 11.1. The molecule has 4 rings (SSSR count). The number of amides is 1. The van der Waals surface area contributed by atoms with Crippen LogP contribution in [-0.2, 0) is 27.1 Å². The number of rotatable bonds is 8. The summed E-state index contributed by atoms with van der Waals surface area (Å²) in [7, 11) is -3.35. The molecule has 2 fully saturated rings. The third-order valence-electron chi connectivity index (χ3n) is 6.49. The fourth-order valence-corrected chi connectivity index (χ4v) is 6.18. The quantitative estimate of drug-likeness (QED) is 0.637. The van der Waals surface area contributed by atoms with Gasteiger partial charge in [-0.05, 0) is 24.5 Å². The highest BCUT2D eigenvalue weighted by atomic mass is 32.2. The molecule has 0 aromatic heterocycles. The van der Waals surface area contributed by atoms with Crippen LogP contribution in [0, 0.1) is 6.92 Å². The molecule has 1 amide bonds.